The number of ether oxygens (including phenoxy) is 5. The van der Waals surface area contributed by atoms with Crippen LogP contribution in [0, 0.1) is 0 Å². The van der Waals surface area contributed by atoms with Crippen LogP contribution < -0.4 is 0 Å². The normalized spacial score (nSPS) is 29.6. The van der Waals surface area contributed by atoms with Crippen LogP contribution in [0.15, 0.2) is 42.0 Å². The van der Waals surface area contributed by atoms with Crippen LogP contribution in [-0.2, 0) is 35.1 Å². The molecular weight excluding hydrogens is 352 g/mol. The van der Waals surface area contributed by atoms with Gasteiger partial charge >= 0.3 is 5.97 Å². The Bertz CT molecular complexity index is 670. The Morgan fingerprint density at radius 1 is 1.26 bits per heavy atom. The molecule has 2 aliphatic heterocycles. The summed E-state index contributed by atoms with van der Waals surface area (Å²) in [5, 5.41) is 9.78. The van der Waals surface area contributed by atoms with E-state index in [2.05, 4.69) is 0 Å². The quantitative estimate of drug-likeness (QED) is 0.573. The minimum absolute atomic E-state index is 0.249. The van der Waals surface area contributed by atoms with Gasteiger partial charge in [0.25, 0.3) is 0 Å². The Hall–Kier alpha value is -1.77. The van der Waals surface area contributed by atoms with Gasteiger partial charge in [0.15, 0.2) is 12.1 Å². The molecule has 0 saturated carbocycles. The van der Waals surface area contributed by atoms with Crippen molar-refractivity contribution in [2.45, 2.75) is 57.8 Å². The van der Waals surface area contributed by atoms with Crippen molar-refractivity contribution in [1.82, 2.24) is 0 Å². The molecule has 27 heavy (non-hydrogen) atoms. The molecule has 4 atom stereocenters. The lowest BCUT2D eigenvalue weighted by Gasteiger charge is -2.27. The molecular formula is C20H26O7. The van der Waals surface area contributed by atoms with E-state index < -0.39 is 36.4 Å². The summed E-state index contributed by atoms with van der Waals surface area (Å²) in [7, 11) is 0. The van der Waals surface area contributed by atoms with Gasteiger partial charge < -0.3 is 28.8 Å². The molecule has 1 N–H and O–H groups in total. The van der Waals surface area contributed by atoms with Gasteiger partial charge in [0.1, 0.15) is 18.3 Å². The Morgan fingerprint density at radius 2 is 2.00 bits per heavy atom. The third kappa shape index (κ3) is 4.75. The fourth-order valence-corrected chi connectivity index (χ4v) is 3.28. The summed E-state index contributed by atoms with van der Waals surface area (Å²) in [5.74, 6) is -1.33. The predicted molar refractivity (Wildman–Crippen MR) is 95.5 cm³/mol. The summed E-state index contributed by atoms with van der Waals surface area (Å²) in [6.07, 6.45) is -1.06. The van der Waals surface area contributed by atoms with E-state index in [9.17, 15) is 9.90 Å². The van der Waals surface area contributed by atoms with Gasteiger partial charge in [0.2, 0.25) is 0 Å². The van der Waals surface area contributed by atoms with E-state index in [0.717, 1.165) is 5.56 Å². The molecule has 2 aliphatic rings. The molecule has 0 unspecified atom stereocenters. The average molecular weight is 378 g/mol. The third-order valence-electron chi connectivity index (χ3n) is 4.41. The van der Waals surface area contributed by atoms with Crippen molar-refractivity contribution >= 4 is 5.97 Å². The third-order valence-corrected chi connectivity index (χ3v) is 4.41. The van der Waals surface area contributed by atoms with Crippen molar-refractivity contribution in [3.05, 3.63) is 47.5 Å². The van der Waals surface area contributed by atoms with Crippen LogP contribution in [-0.4, -0.2) is 54.7 Å². The Labute approximate surface area is 158 Å². The number of carbonyl (C=O) groups is 1. The lowest BCUT2D eigenvalue weighted by Crippen LogP contribution is -2.38. The highest BCUT2D eigenvalue weighted by atomic mass is 16.8. The van der Waals surface area contributed by atoms with Crippen molar-refractivity contribution in [2.75, 3.05) is 13.2 Å². The second-order valence-electron chi connectivity index (χ2n) is 6.92. The summed E-state index contributed by atoms with van der Waals surface area (Å²) >= 11 is 0. The minimum atomic E-state index is -0.793. The first-order valence-electron chi connectivity index (χ1n) is 9.08. The average Bonchev–Trinajstić information content (AvgIpc) is 3.10. The van der Waals surface area contributed by atoms with Crippen LogP contribution >= 0.6 is 0 Å². The number of hydrogen-bond donors (Lipinski definition) is 1. The molecule has 2 heterocycles. The Kier molecular flexibility index (Phi) is 6.29. The first-order chi connectivity index (χ1) is 12.9. The van der Waals surface area contributed by atoms with E-state index in [-0.39, 0.29) is 13.2 Å². The number of benzene rings is 1. The summed E-state index contributed by atoms with van der Waals surface area (Å²) in [6, 6.07) is 9.72. The summed E-state index contributed by atoms with van der Waals surface area (Å²) in [6.45, 7) is 5.56. The number of rotatable bonds is 7. The van der Waals surface area contributed by atoms with Crippen LogP contribution in [0.3, 0.4) is 0 Å². The number of fused-ring (bicyclic) bond motifs is 1. The van der Waals surface area contributed by atoms with Gasteiger partial charge in [0, 0.05) is 6.08 Å². The van der Waals surface area contributed by atoms with Crippen LogP contribution in [0.5, 0.6) is 0 Å². The van der Waals surface area contributed by atoms with Crippen LogP contribution in [0.25, 0.3) is 0 Å². The SMILES string of the molecule is CCOC(=O)/C=C(/CO)[C@H]1O[C@@H]2OC(C)(C)O[C@@H]2[C@@H]1OCc1ccccc1. The molecule has 0 amide bonds. The number of hydrogen-bond acceptors (Lipinski definition) is 7. The summed E-state index contributed by atoms with van der Waals surface area (Å²) in [5.41, 5.74) is 1.36. The van der Waals surface area contributed by atoms with Crippen molar-refractivity contribution in [1.29, 1.82) is 0 Å². The van der Waals surface area contributed by atoms with Crippen molar-refractivity contribution in [3.63, 3.8) is 0 Å². The highest BCUT2D eigenvalue weighted by Gasteiger charge is 2.56. The van der Waals surface area contributed by atoms with Gasteiger partial charge in [-0.1, -0.05) is 30.3 Å². The van der Waals surface area contributed by atoms with Gasteiger partial charge in [-0.25, -0.2) is 4.79 Å². The predicted octanol–water partition coefficient (Wildman–Crippen LogP) is 1.93. The fraction of sp³-hybridized carbons (Fsp3) is 0.550. The smallest absolute Gasteiger partial charge is 0.330 e. The molecule has 3 rings (SSSR count). The lowest BCUT2D eigenvalue weighted by molar-refractivity contribution is -0.214. The van der Waals surface area contributed by atoms with Gasteiger partial charge in [0.05, 0.1) is 19.8 Å². The minimum Gasteiger partial charge on any atom is -0.463 e. The molecule has 0 spiro atoms. The lowest BCUT2D eigenvalue weighted by atomic mass is 10.0. The Morgan fingerprint density at radius 3 is 2.67 bits per heavy atom. The van der Waals surface area contributed by atoms with Crippen LogP contribution in [0.1, 0.15) is 26.3 Å². The van der Waals surface area contributed by atoms with Gasteiger partial charge in [-0.05, 0) is 31.9 Å². The van der Waals surface area contributed by atoms with E-state index in [0.29, 0.717) is 12.2 Å². The summed E-state index contributed by atoms with van der Waals surface area (Å²) < 4.78 is 28.7. The fourth-order valence-electron chi connectivity index (χ4n) is 3.28. The summed E-state index contributed by atoms with van der Waals surface area (Å²) in [4.78, 5) is 11.8. The molecule has 0 aliphatic carbocycles. The molecule has 0 radical (unpaired) electrons. The maximum Gasteiger partial charge on any atom is 0.330 e. The molecule has 2 saturated heterocycles. The first-order valence-corrected chi connectivity index (χ1v) is 9.08. The zero-order valence-corrected chi connectivity index (χ0v) is 15.8. The molecule has 0 aromatic heterocycles. The standard InChI is InChI=1S/C20H26O7/c1-4-23-15(22)10-14(11-21)16-17(24-12-13-8-6-5-7-9-13)18-19(25-16)27-20(2,3)26-18/h5-10,16-19,21H,4,11-12H2,1-3H3/b14-10-/t16-,17-,18-,19-/m1/s1. The van der Waals surface area contributed by atoms with Crippen LogP contribution in [0.2, 0.25) is 0 Å². The van der Waals surface area contributed by atoms with Crippen molar-refractivity contribution in [2.24, 2.45) is 0 Å². The van der Waals surface area contributed by atoms with E-state index in [1.165, 1.54) is 6.08 Å². The molecule has 7 heteroatoms. The maximum absolute atomic E-state index is 11.8. The zero-order valence-electron chi connectivity index (χ0n) is 15.8. The Balaban J connectivity index is 1.79. The van der Waals surface area contributed by atoms with E-state index in [4.69, 9.17) is 23.7 Å². The first kappa shape index (κ1) is 20.0. The number of esters is 1. The topological polar surface area (TPSA) is 83.5 Å². The van der Waals surface area contributed by atoms with E-state index >= 15 is 0 Å². The molecule has 2 fully saturated rings. The number of carbonyl (C=O) groups excluding carboxylic acids is 1. The van der Waals surface area contributed by atoms with E-state index in [1.807, 2.05) is 30.3 Å². The molecule has 7 nitrogen and oxygen atoms in total. The van der Waals surface area contributed by atoms with Gasteiger partial charge in [-0.15, -0.1) is 0 Å². The maximum atomic E-state index is 11.8. The largest absolute Gasteiger partial charge is 0.463 e. The molecule has 1 aromatic carbocycles. The highest BCUT2D eigenvalue weighted by molar-refractivity contribution is 5.83. The van der Waals surface area contributed by atoms with Gasteiger partial charge in [-0.3, -0.25) is 0 Å². The van der Waals surface area contributed by atoms with Crippen molar-refractivity contribution in [3.8, 4) is 0 Å². The second kappa shape index (κ2) is 8.50. The zero-order chi connectivity index (χ0) is 19.4. The monoisotopic (exact) mass is 378 g/mol. The second-order valence-corrected chi connectivity index (χ2v) is 6.92. The molecule has 148 valence electrons. The molecule has 1 aromatic rings. The van der Waals surface area contributed by atoms with Gasteiger partial charge in [-0.2, -0.15) is 0 Å². The van der Waals surface area contributed by atoms with Crippen LogP contribution in [0.4, 0.5) is 0 Å². The van der Waals surface area contributed by atoms with Crippen molar-refractivity contribution < 1.29 is 33.6 Å². The molecule has 0 bridgehead atoms. The number of aliphatic hydroxyl groups is 1. The highest BCUT2D eigenvalue weighted by Crippen LogP contribution is 2.40. The van der Waals surface area contributed by atoms with E-state index in [1.54, 1.807) is 20.8 Å². The number of aliphatic hydroxyl groups excluding tert-OH is 1.